The second-order valence-corrected chi connectivity index (χ2v) is 16.4. The van der Waals surface area contributed by atoms with Gasteiger partial charge in [-0.1, -0.05) is 64.0 Å². The standard InChI is InChI=1S/C35H54O5S/c1-9-38-25(4)40-32-19-21-35(8)30-18-20-34(7)28(15-16-29(34)27(30)14-17-31(35)33(32,5)6)24(3)22-39-41(36,37)26-12-10-23(2)11-13-26/h10-13,17,24-25,27-30,32H,9,14-16,18-22H2,1-8H3/t24?,25?,27-,28+,29-,30-,32?,34+,35+/m0/s1. The van der Waals surface area contributed by atoms with Gasteiger partial charge in [0.25, 0.3) is 10.1 Å². The normalized spacial score (nSPS) is 37.9. The third kappa shape index (κ3) is 5.49. The Morgan fingerprint density at radius 3 is 2.34 bits per heavy atom. The smallest absolute Gasteiger partial charge is 0.296 e. The summed E-state index contributed by atoms with van der Waals surface area (Å²) in [6.07, 6.45) is 10.9. The van der Waals surface area contributed by atoms with Gasteiger partial charge in [-0.3, -0.25) is 4.18 Å². The summed E-state index contributed by atoms with van der Waals surface area (Å²) in [7, 11) is -3.74. The average molecular weight is 587 g/mol. The van der Waals surface area contributed by atoms with E-state index in [0.717, 1.165) is 18.4 Å². The predicted molar refractivity (Wildman–Crippen MR) is 164 cm³/mol. The molecule has 9 atom stereocenters. The Bertz CT molecular complexity index is 1220. The molecule has 230 valence electrons. The monoisotopic (exact) mass is 586 g/mol. The number of fused-ring (bicyclic) bond motifs is 5. The number of rotatable bonds is 9. The zero-order chi connectivity index (χ0) is 29.8. The quantitative estimate of drug-likeness (QED) is 0.165. The minimum atomic E-state index is -3.74. The Balaban J connectivity index is 1.29. The van der Waals surface area contributed by atoms with Crippen LogP contribution in [0.15, 0.2) is 40.8 Å². The molecule has 1 aromatic carbocycles. The van der Waals surface area contributed by atoms with Crippen LogP contribution in [0.25, 0.3) is 0 Å². The fourth-order valence-electron chi connectivity index (χ4n) is 10.2. The molecule has 0 aromatic heterocycles. The van der Waals surface area contributed by atoms with Gasteiger partial charge in [-0.15, -0.1) is 0 Å². The molecule has 0 heterocycles. The van der Waals surface area contributed by atoms with E-state index < -0.39 is 10.1 Å². The van der Waals surface area contributed by atoms with Crippen molar-refractivity contribution in [3.63, 3.8) is 0 Å². The zero-order valence-corrected chi connectivity index (χ0v) is 27.6. The molecule has 3 saturated carbocycles. The van der Waals surface area contributed by atoms with Crippen LogP contribution in [0.3, 0.4) is 0 Å². The number of allylic oxidation sites excluding steroid dienone is 1. The lowest BCUT2D eigenvalue weighted by molar-refractivity contribution is -0.193. The number of aryl methyl sites for hydroxylation is 1. The number of hydrogen-bond acceptors (Lipinski definition) is 5. The number of benzene rings is 1. The molecule has 0 radical (unpaired) electrons. The summed E-state index contributed by atoms with van der Waals surface area (Å²) in [4.78, 5) is 0.250. The van der Waals surface area contributed by atoms with Crippen molar-refractivity contribution < 1.29 is 22.1 Å². The maximum Gasteiger partial charge on any atom is 0.296 e. The molecule has 0 saturated heterocycles. The van der Waals surface area contributed by atoms with E-state index in [9.17, 15) is 8.42 Å². The molecule has 4 aliphatic carbocycles. The van der Waals surface area contributed by atoms with Crippen molar-refractivity contribution in [2.75, 3.05) is 13.2 Å². The highest BCUT2D eigenvalue weighted by Gasteiger charge is 2.61. The lowest BCUT2D eigenvalue weighted by Gasteiger charge is -2.61. The second kappa shape index (κ2) is 11.4. The third-order valence-electron chi connectivity index (χ3n) is 12.2. The van der Waals surface area contributed by atoms with Gasteiger partial charge in [0.1, 0.15) is 0 Å². The minimum absolute atomic E-state index is 0.00289. The zero-order valence-electron chi connectivity index (χ0n) is 26.7. The summed E-state index contributed by atoms with van der Waals surface area (Å²) < 4.78 is 43.7. The van der Waals surface area contributed by atoms with E-state index in [4.69, 9.17) is 13.7 Å². The van der Waals surface area contributed by atoms with Crippen LogP contribution in [0.4, 0.5) is 0 Å². The van der Waals surface area contributed by atoms with Gasteiger partial charge in [-0.25, -0.2) is 0 Å². The van der Waals surface area contributed by atoms with E-state index in [-0.39, 0.29) is 46.1 Å². The van der Waals surface area contributed by atoms with Gasteiger partial charge in [-0.05, 0) is 118 Å². The highest BCUT2D eigenvalue weighted by molar-refractivity contribution is 7.86. The first kappa shape index (κ1) is 31.2. The fourth-order valence-corrected chi connectivity index (χ4v) is 11.2. The summed E-state index contributed by atoms with van der Waals surface area (Å²) in [5, 5.41) is 0. The molecule has 5 nitrogen and oxygen atoms in total. The van der Waals surface area contributed by atoms with E-state index >= 15 is 0 Å². The highest BCUT2D eigenvalue weighted by atomic mass is 32.2. The van der Waals surface area contributed by atoms with E-state index in [2.05, 4.69) is 40.7 Å². The molecule has 0 spiro atoms. The number of hydrogen-bond donors (Lipinski definition) is 0. The van der Waals surface area contributed by atoms with Crippen LogP contribution in [0.5, 0.6) is 0 Å². The summed E-state index contributed by atoms with van der Waals surface area (Å²) in [6, 6.07) is 6.95. The van der Waals surface area contributed by atoms with Gasteiger partial charge in [0.15, 0.2) is 6.29 Å². The van der Waals surface area contributed by atoms with Crippen LogP contribution in [0.2, 0.25) is 0 Å². The van der Waals surface area contributed by atoms with Gasteiger partial charge < -0.3 is 9.47 Å². The summed E-state index contributed by atoms with van der Waals surface area (Å²) >= 11 is 0. The van der Waals surface area contributed by atoms with E-state index in [1.54, 1.807) is 17.7 Å². The van der Waals surface area contributed by atoms with Crippen molar-refractivity contribution in [2.45, 2.75) is 118 Å². The molecular formula is C35H54O5S. The lowest BCUT2D eigenvalue weighted by Crippen LogP contribution is -2.55. The van der Waals surface area contributed by atoms with E-state index in [1.165, 1.54) is 32.1 Å². The Labute approximate surface area is 249 Å². The molecule has 41 heavy (non-hydrogen) atoms. The minimum Gasteiger partial charge on any atom is -0.353 e. The Morgan fingerprint density at radius 1 is 0.951 bits per heavy atom. The van der Waals surface area contributed by atoms with Crippen LogP contribution in [0.1, 0.15) is 99.0 Å². The maximum atomic E-state index is 12.9. The molecular weight excluding hydrogens is 532 g/mol. The Morgan fingerprint density at radius 2 is 1.66 bits per heavy atom. The fraction of sp³-hybridized carbons (Fsp3) is 0.771. The van der Waals surface area contributed by atoms with E-state index in [1.807, 2.05) is 32.9 Å². The van der Waals surface area contributed by atoms with Crippen molar-refractivity contribution >= 4 is 10.1 Å². The first-order valence-corrected chi connectivity index (χ1v) is 17.6. The Hall–Kier alpha value is -1.21. The number of ether oxygens (including phenoxy) is 2. The van der Waals surface area contributed by atoms with Gasteiger partial charge in [-0.2, -0.15) is 8.42 Å². The molecule has 5 rings (SSSR count). The molecule has 0 bridgehead atoms. The molecule has 6 heteroatoms. The highest BCUT2D eigenvalue weighted by Crippen LogP contribution is 2.69. The van der Waals surface area contributed by atoms with Crippen LogP contribution in [-0.4, -0.2) is 34.0 Å². The molecule has 0 N–H and O–H groups in total. The van der Waals surface area contributed by atoms with Crippen molar-refractivity contribution in [1.29, 1.82) is 0 Å². The maximum absolute atomic E-state index is 12.9. The summed E-state index contributed by atoms with van der Waals surface area (Å²) in [6.45, 7) is 19.0. The first-order valence-electron chi connectivity index (χ1n) is 16.2. The molecule has 0 aliphatic heterocycles. The van der Waals surface area contributed by atoms with Crippen LogP contribution in [0, 0.1) is 52.8 Å². The molecule has 0 amide bonds. The van der Waals surface area contributed by atoms with Gasteiger partial charge in [0, 0.05) is 12.0 Å². The topological polar surface area (TPSA) is 61.8 Å². The second-order valence-electron chi connectivity index (χ2n) is 14.8. The summed E-state index contributed by atoms with van der Waals surface area (Å²) in [5.41, 5.74) is 3.11. The molecule has 3 unspecified atom stereocenters. The van der Waals surface area contributed by atoms with Gasteiger partial charge in [0.2, 0.25) is 0 Å². The van der Waals surface area contributed by atoms with Crippen molar-refractivity contribution in [3.8, 4) is 0 Å². The largest absolute Gasteiger partial charge is 0.353 e. The van der Waals surface area contributed by atoms with Gasteiger partial charge in [0.05, 0.1) is 17.6 Å². The van der Waals surface area contributed by atoms with Crippen LogP contribution >= 0.6 is 0 Å². The van der Waals surface area contributed by atoms with Crippen molar-refractivity contribution in [1.82, 2.24) is 0 Å². The lowest BCUT2D eigenvalue weighted by atomic mass is 9.44. The SMILES string of the molecule is CCOC(C)OC1CC[C@@]2(C)C(=CC[C@H]3[C@@H]4CC[C@H](C(C)COS(=O)(=O)c5ccc(C)cc5)[C@@]4(C)CC[C@@H]32)C1(C)C. The third-order valence-corrected chi connectivity index (χ3v) is 13.5. The van der Waals surface area contributed by atoms with E-state index in [0.29, 0.717) is 30.3 Å². The first-order chi connectivity index (χ1) is 19.2. The summed E-state index contributed by atoms with van der Waals surface area (Å²) in [5.74, 6) is 2.78. The van der Waals surface area contributed by atoms with Crippen LogP contribution in [-0.2, 0) is 23.8 Å². The predicted octanol–water partition coefficient (Wildman–Crippen LogP) is 8.32. The van der Waals surface area contributed by atoms with Crippen molar-refractivity contribution in [3.05, 3.63) is 41.5 Å². The Kier molecular flexibility index (Phi) is 8.66. The average Bonchev–Trinajstić information content (AvgIpc) is 3.27. The molecule has 3 fully saturated rings. The van der Waals surface area contributed by atoms with Crippen LogP contribution < -0.4 is 0 Å². The molecule has 1 aromatic rings. The van der Waals surface area contributed by atoms with Gasteiger partial charge >= 0.3 is 0 Å². The molecule has 4 aliphatic rings. The van der Waals surface area contributed by atoms with Crippen molar-refractivity contribution in [2.24, 2.45) is 45.8 Å².